The van der Waals surface area contributed by atoms with Crippen molar-refractivity contribution in [1.29, 1.82) is 0 Å². The fourth-order valence-electron chi connectivity index (χ4n) is 4.99. The molecule has 0 aliphatic heterocycles. The van der Waals surface area contributed by atoms with E-state index in [9.17, 15) is 18.4 Å². The largest absolute Gasteiger partial charge is 0.354 e. The first-order valence-corrected chi connectivity index (χ1v) is 14.1. The number of para-hydroxylation sites is 1. The van der Waals surface area contributed by atoms with Gasteiger partial charge in [-0.2, -0.15) is 4.98 Å². The van der Waals surface area contributed by atoms with Gasteiger partial charge < -0.3 is 15.5 Å². The summed E-state index contributed by atoms with van der Waals surface area (Å²) < 4.78 is 30.9. The SMILES string of the molecule is CCN(CC)CCCNc1nc(-c2cccc(C(=O)NC3CC3)c2C)c2ccc(=O)n(-c3c(F)cccc3F)c2n1. The molecule has 0 bridgehead atoms. The third kappa shape index (κ3) is 5.97. The molecule has 1 saturated carbocycles. The molecule has 1 fully saturated rings. The third-order valence-electron chi connectivity index (χ3n) is 7.49. The molecule has 2 aromatic carbocycles. The summed E-state index contributed by atoms with van der Waals surface area (Å²) >= 11 is 0. The average molecular weight is 561 g/mol. The molecule has 2 aromatic heterocycles. The number of nitrogens with one attached hydrogen (secondary N) is 2. The number of anilines is 1. The van der Waals surface area contributed by atoms with Crippen LogP contribution in [-0.2, 0) is 0 Å². The Bertz CT molecular complexity index is 1630. The molecule has 0 spiro atoms. The molecule has 2 heterocycles. The molecule has 2 N–H and O–H groups in total. The molecule has 214 valence electrons. The molecule has 1 aliphatic rings. The fraction of sp³-hybridized carbons (Fsp3) is 0.355. The summed E-state index contributed by atoms with van der Waals surface area (Å²) in [5.74, 6) is -1.72. The van der Waals surface area contributed by atoms with Crippen molar-refractivity contribution >= 4 is 22.9 Å². The van der Waals surface area contributed by atoms with Crippen LogP contribution in [0.2, 0.25) is 0 Å². The number of benzene rings is 2. The van der Waals surface area contributed by atoms with Gasteiger partial charge in [-0.25, -0.2) is 13.8 Å². The van der Waals surface area contributed by atoms with E-state index in [1.54, 1.807) is 18.2 Å². The van der Waals surface area contributed by atoms with E-state index in [0.29, 0.717) is 34.3 Å². The number of nitrogens with zero attached hydrogens (tertiary/aromatic N) is 4. The number of halogens is 2. The van der Waals surface area contributed by atoms with E-state index in [-0.39, 0.29) is 23.5 Å². The topological polar surface area (TPSA) is 92.2 Å². The molecule has 1 amide bonds. The summed E-state index contributed by atoms with van der Waals surface area (Å²) in [6.07, 6.45) is 2.75. The highest BCUT2D eigenvalue weighted by Gasteiger charge is 2.26. The summed E-state index contributed by atoms with van der Waals surface area (Å²) in [5, 5.41) is 6.68. The van der Waals surface area contributed by atoms with Crippen LogP contribution in [0, 0.1) is 18.6 Å². The van der Waals surface area contributed by atoms with Crippen LogP contribution in [0.1, 0.15) is 49.0 Å². The first-order valence-electron chi connectivity index (χ1n) is 14.1. The van der Waals surface area contributed by atoms with Crippen LogP contribution >= 0.6 is 0 Å². The summed E-state index contributed by atoms with van der Waals surface area (Å²) in [6.45, 7) is 9.37. The summed E-state index contributed by atoms with van der Waals surface area (Å²) in [7, 11) is 0. The van der Waals surface area contributed by atoms with Gasteiger partial charge in [0.15, 0.2) is 5.65 Å². The van der Waals surface area contributed by atoms with Crippen molar-refractivity contribution in [2.45, 2.75) is 46.1 Å². The lowest BCUT2D eigenvalue weighted by atomic mass is 9.97. The quantitative estimate of drug-likeness (QED) is 0.249. The third-order valence-corrected chi connectivity index (χ3v) is 7.49. The Labute approximate surface area is 237 Å². The van der Waals surface area contributed by atoms with Crippen LogP contribution in [0.25, 0.3) is 28.0 Å². The van der Waals surface area contributed by atoms with Crippen LogP contribution in [-0.4, -0.2) is 57.6 Å². The number of pyridine rings is 1. The second-order valence-corrected chi connectivity index (χ2v) is 10.2. The second kappa shape index (κ2) is 12.1. The fourth-order valence-corrected chi connectivity index (χ4v) is 4.99. The molecule has 4 aromatic rings. The van der Waals surface area contributed by atoms with Gasteiger partial charge in [-0.05, 0) is 75.6 Å². The van der Waals surface area contributed by atoms with Gasteiger partial charge in [-0.3, -0.25) is 14.2 Å². The number of hydrogen-bond acceptors (Lipinski definition) is 6. The summed E-state index contributed by atoms with van der Waals surface area (Å²) in [5.41, 5.74) is 1.25. The van der Waals surface area contributed by atoms with E-state index in [4.69, 9.17) is 4.98 Å². The Morgan fingerprint density at radius 2 is 1.73 bits per heavy atom. The maximum atomic E-state index is 15.0. The molecule has 8 nitrogen and oxygen atoms in total. The smallest absolute Gasteiger partial charge is 0.256 e. The highest BCUT2D eigenvalue weighted by atomic mass is 19.1. The Morgan fingerprint density at radius 3 is 2.41 bits per heavy atom. The van der Waals surface area contributed by atoms with Crippen molar-refractivity contribution in [3.63, 3.8) is 0 Å². The van der Waals surface area contributed by atoms with Crippen LogP contribution in [0.3, 0.4) is 0 Å². The molecule has 0 atom stereocenters. The van der Waals surface area contributed by atoms with Crippen molar-refractivity contribution in [3.8, 4) is 16.9 Å². The van der Waals surface area contributed by atoms with Gasteiger partial charge in [0.2, 0.25) is 5.95 Å². The molecule has 5 rings (SSSR count). The normalized spacial score (nSPS) is 13.1. The predicted octanol–water partition coefficient (Wildman–Crippen LogP) is 5.07. The van der Waals surface area contributed by atoms with Crippen molar-refractivity contribution in [3.05, 3.63) is 81.6 Å². The Morgan fingerprint density at radius 1 is 1.02 bits per heavy atom. The molecule has 0 radical (unpaired) electrons. The van der Waals surface area contributed by atoms with E-state index < -0.39 is 22.9 Å². The van der Waals surface area contributed by atoms with E-state index in [2.05, 4.69) is 34.4 Å². The van der Waals surface area contributed by atoms with E-state index in [0.717, 1.165) is 55.6 Å². The molecule has 0 saturated heterocycles. The first-order chi connectivity index (χ1) is 19.8. The highest BCUT2D eigenvalue weighted by Crippen LogP contribution is 2.32. The molecule has 0 unspecified atom stereocenters. The predicted molar refractivity (Wildman–Crippen MR) is 157 cm³/mol. The standard InChI is InChI=1S/C31H34F2N6O2/c1-4-38(5-2)18-8-17-34-31-36-27(21-9-6-10-22(19(21)3)30(41)35-20-13-14-20)23-15-16-26(40)39(29(23)37-31)28-24(32)11-7-12-25(28)33/h6-7,9-12,15-16,20H,4-5,8,13-14,17-18H2,1-3H3,(H,35,41)(H,34,36,37). The van der Waals surface area contributed by atoms with Crippen LogP contribution in [0.4, 0.5) is 14.7 Å². The molecule has 10 heteroatoms. The van der Waals surface area contributed by atoms with Crippen molar-refractivity contribution in [1.82, 2.24) is 24.8 Å². The number of carbonyl (C=O) groups excluding carboxylic acids is 1. The lowest BCUT2D eigenvalue weighted by Gasteiger charge is -2.19. The monoisotopic (exact) mass is 560 g/mol. The van der Waals surface area contributed by atoms with E-state index in [1.807, 2.05) is 13.0 Å². The number of aromatic nitrogens is 3. The van der Waals surface area contributed by atoms with Gasteiger partial charge in [0, 0.05) is 35.2 Å². The number of fused-ring (bicyclic) bond motifs is 1. The van der Waals surface area contributed by atoms with Gasteiger partial charge in [-0.1, -0.05) is 32.0 Å². The Hall–Kier alpha value is -4.18. The minimum absolute atomic E-state index is 0.0602. The maximum absolute atomic E-state index is 15.0. The van der Waals surface area contributed by atoms with Gasteiger partial charge in [0.1, 0.15) is 17.3 Å². The Balaban J connectivity index is 1.66. The minimum Gasteiger partial charge on any atom is -0.354 e. The lowest BCUT2D eigenvalue weighted by Crippen LogP contribution is -2.26. The van der Waals surface area contributed by atoms with Gasteiger partial charge in [0.05, 0.1) is 5.69 Å². The first kappa shape index (κ1) is 28.4. The number of carbonyl (C=O) groups is 1. The van der Waals surface area contributed by atoms with Crippen molar-refractivity contribution in [2.24, 2.45) is 0 Å². The number of rotatable bonds is 11. The van der Waals surface area contributed by atoms with E-state index >= 15 is 0 Å². The molecule has 41 heavy (non-hydrogen) atoms. The summed E-state index contributed by atoms with van der Waals surface area (Å²) in [6, 6.07) is 11.8. The molecular weight excluding hydrogens is 526 g/mol. The average Bonchev–Trinajstić information content (AvgIpc) is 3.78. The van der Waals surface area contributed by atoms with Crippen LogP contribution < -0.4 is 16.2 Å². The van der Waals surface area contributed by atoms with E-state index in [1.165, 1.54) is 12.1 Å². The number of amides is 1. The van der Waals surface area contributed by atoms with Gasteiger partial charge >= 0.3 is 0 Å². The number of hydrogen-bond donors (Lipinski definition) is 2. The molecular formula is C31H34F2N6O2. The molecule has 1 aliphatic carbocycles. The highest BCUT2D eigenvalue weighted by molar-refractivity contribution is 6.00. The van der Waals surface area contributed by atoms with Gasteiger partial charge in [-0.15, -0.1) is 0 Å². The van der Waals surface area contributed by atoms with Gasteiger partial charge in [0.25, 0.3) is 11.5 Å². The second-order valence-electron chi connectivity index (χ2n) is 10.2. The zero-order valence-electron chi connectivity index (χ0n) is 23.5. The maximum Gasteiger partial charge on any atom is 0.256 e. The Kier molecular flexibility index (Phi) is 8.39. The zero-order valence-corrected chi connectivity index (χ0v) is 23.5. The van der Waals surface area contributed by atoms with Crippen molar-refractivity contribution < 1.29 is 13.6 Å². The zero-order chi connectivity index (χ0) is 29.1. The summed E-state index contributed by atoms with van der Waals surface area (Å²) in [4.78, 5) is 37.8. The lowest BCUT2D eigenvalue weighted by molar-refractivity contribution is 0.0950. The van der Waals surface area contributed by atoms with Crippen LogP contribution in [0.5, 0.6) is 0 Å². The van der Waals surface area contributed by atoms with Crippen LogP contribution in [0.15, 0.2) is 53.3 Å². The minimum atomic E-state index is -0.886. The van der Waals surface area contributed by atoms with Crippen molar-refractivity contribution in [2.75, 3.05) is 31.5 Å².